The summed E-state index contributed by atoms with van der Waals surface area (Å²) in [5.74, 6) is -0.515. The second-order valence-corrected chi connectivity index (χ2v) is 4.34. The van der Waals surface area contributed by atoms with E-state index in [-0.39, 0.29) is 12.5 Å². The number of rotatable bonds is 5. The highest BCUT2D eigenvalue weighted by molar-refractivity contribution is 6.30. The van der Waals surface area contributed by atoms with Crippen molar-refractivity contribution in [1.29, 1.82) is 0 Å². The van der Waals surface area contributed by atoms with Crippen molar-refractivity contribution in [2.75, 3.05) is 6.61 Å². The number of hydrogen-bond acceptors (Lipinski definition) is 5. The number of benzene rings is 1. The zero-order valence-corrected chi connectivity index (χ0v) is 10.8. The molecule has 0 aliphatic carbocycles. The van der Waals surface area contributed by atoms with Crippen molar-refractivity contribution in [3.63, 3.8) is 0 Å². The second kappa shape index (κ2) is 5.81. The first-order valence-electron chi connectivity index (χ1n) is 5.44. The van der Waals surface area contributed by atoms with Gasteiger partial charge in [0.2, 0.25) is 11.8 Å². The molecule has 0 unspecified atom stereocenters. The summed E-state index contributed by atoms with van der Waals surface area (Å²) in [5, 5.41) is 16.6. The quantitative estimate of drug-likeness (QED) is 0.905. The molecule has 2 rings (SSSR count). The second-order valence-electron chi connectivity index (χ2n) is 3.90. The van der Waals surface area contributed by atoms with E-state index in [4.69, 9.17) is 25.9 Å². The van der Waals surface area contributed by atoms with Crippen LogP contribution in [0.1, 0.15) is 11.5 Å². The normalized spacial score (nSPS) is 10.6. The first-order valence-corrected chi connectivity index (χ1v) is 5.82. The van der Waals surface area contributed by atoms with Crippen molar-refractivity contribution >= 4 is 17.6 Å². The van der Waals surface area contributed by atoms with E-state index < -0.39 is 12.6 Å². The fraction of sp³-hybridized carbons (Fsp3) is 0.250. The Kier molecular flexibility index (Phi) is 4.13. The van der Waals surface area contributed by atoms with E-state index in [1.807, 2.05) is 19.1 Å². The summed E-state index contributed by atoms with van der Waals surface area (Å²) < 4.78 is 10.2. The van der Waals surface area contributed by atoms with Crippen LogP contribution in [0.25, 0.3) is 11.5 Å². The third-order valence-electron chi connectivity index (χ3n) is 2.21. The van der Waals surface area contributed by atoms with Gasteiger partial charge in [0.15, 0.2) is 0 Å². The molecule has 0 bridgehead atoms. The minimum absolute atomic E-state index is 0.0428. The van der Waals surface area contributed by atoms with Crippen molar-refractivity contribution in [3.8, 4) is 11.5 Å². The van der Waals surface area contributed by atoms with Gasteiger partial charge in [0.25, 0.3) is 0 Å². The molecule has 1 N–H and O–H groups in total. The Morgan fingerprint density at radius 3 is 2.89 bits per heavy atom. The van der Waals surface area contributed by atoms with Crippen LogP contribution in [0.2, 0.25) is 5.02 Å². The average molecular weight is 283 g/mol. The first-order chi connectivity index (χ1) is 9.04. The van der Waals surface area contributed by atoms with Crippen LogP contribution in [0.15, 0.2) is 22.6 Å². The highest BCUT2D eigenvalue weighted by Gasteiger charge is 2.10. The lowest BCUT2D eigenvalue weighted by Gasteiger charge is -1.99. The summed E-state index contributed by atoms with van der Waals surface area (Å²) in [7, 11) is 0. The summed E-state index contributed by atoms with van der Waals surface area (Å²) in [6.07, 6.45) is 0. The SMILES string of the molecule is Cc1cc(Cl)cc(-c2nnc(COCC(=O)O)o2)c1. The van der Waals surface area contributed by atoms with Gasteiger partial charge in [-0.15, -0.1) is 10.2 Å². The van der Waals surface area contributed by atoms with Crippen LogP contribution in [0, 0.1) is 6.92 Å². The lowest BCUT2D eigenvalue weighted by Crippen LogP contribution is -2.06. The zero-order chi connectivity index (χ0) is 13.8. The largest absolute Gasteiger partial charge is 0.480 e. The van der Waals surface area contributed by atoms with Crippen molar-refractivity contribution in [3.05, 3.63) is 34.7 Å². The molecule has 0 spiro atoms. The zero-order valence-electron chi connectivity index (χ0n) is 10.1. The average Bonchev–Trinajstić information content (AvgIpc) is 2.76. The van der Waals surface area contributed by atoms with E-state index in [1.165, 1.54) is 0 Å². The molecular formula is C12H11ClN2O4. The third-order valence-corrected chi connectivity index (χ3v) is 2.43. The monoisotopic (exact) mass is 282 g/mol. The lowest BCUT2D eigenvalue weighted by atomic mass is 10.1. The number of aliphatic carboxylic acids is 1. The number of carboxylic acid groups (broad SMARTS) is 1. The van der Waals surface area contributed by atoms with Gasteiger partial charge < -0.3 is 14.3 Å². The number of halogens is 1. The molecule has 0 saturated heterocycles. The topological polar surface area (TPSA) is 85.5 Å². The molecule has 1 aromatic carbocycles. The Labute approximate surface area is 114 Å². The fourth-order valence-electron chi connectivity index (χ4n) is 1.51. The summed E-state index contributed by atoms with van der Waals surface area (Å²) in [5.41, 5.74) is 1.69. The molecular weight excluding hydrogens is 272 g/mol. The molecule has 0 radical (unpaired) electrons. The van der Waals surface area contributed by atoms with E-state index in [0.29, 0.717) is 16.5 Å². The summed E-state index contributed by atoms with van der Waals surface area (Å²) in [4.78, 5) is 10.3. The van der Waals surface area contributed by atoms with Gasteiger partial charge in [-0.1, -0.05) is 11.6 Å². The molecule has 19 heavy (non-hydrogen) atoms. The standard InChI is InChI=1S/C12H11ClN2O4/c1-7-2-8(4-9(13)3-7)12-15-14-10(19-12)5-18-6-11(16)17/h2-4H,5-6H2,1H3,(H,16,17). The molecule has 6 nitrogen and oxygen atoms in total. The number of ether oxygens (including phenoxy) is 1. The van der Waals surface area contributed by atoms with Gasteiger partial charge in [-0.2, -0.15) is 0 Å². The number of aromatic nitrogens is 2. The Balaban J connectivity index is 2.09. The van der Waals surface area contributed by atoms with E-state index in [9.17, 15) is 4.79 Å². The number of carbonyl (C=O) groups is 1. The van der Waals surface area contributed by atoms with Crippen LogP contribution < -0.4 is 0 Å². The maximum Gasteiger partial charge on any atom is 0.329 e. The van der Waals surface area contributed by atoms with Crippen LogP contribution in [-0.4, -0.2) is 27.9 Å². The van der Waals surface area contributed by atoms with Crippen molar-refractivity contribution in [1.82, 2.24) is 10.2 Å². The minimum Gasteiger partial charge on any atom is -0.480 e. The van der Waals surface area contributed by atoms with E-state index in [1.54, 1.807) is 6.07 Å². The third kappa shape index (κ3) is 3.77. The molecule has 0 aliphatic rings. The molecule has 7 heteroatoms. The molecule has 1 aromatic heterocycles. The first kappa shape index (κ1) is 13.5. The van der Waals surface area contributed by atoms with E-state index in [2.05, 4.69) is 10.2 Å². The maximum atomic E-state index is 10.3. The number of hydrogen-bond donors (Lipinski definition) is 1. The van der Waals surface area contributed by atoms with Gasteiger partial charge in [0.05, 0.1) is 0 Å². The molecule has 0 fully saturated rings. The minimum atomic E-state index is -1.05. The predicted molar refractivity (Wildman–Crippen MR) is 66.8 cm³/mol. The van der Waals surface area contributed by atoms with Gasteiger partial charge in [-0.05, 0) is 30.7 Å². The van der Waals surface area contributed by atoms with Gasteiger partial charge in [-0.25, -0.2) is 4.79 Å². The molecule has 1 heterocycles. The van der Waals surface area contributed by atoms with Gasteiger partial charge in [0.1, 0.15) is 13.2 Å². The van der Waals surface area contributed by atoms with Crippen LogP contribution in [-0.2, 0) is 16.1 Å². The lowest BCUT2D eigenvalue weighted by molar-refractivity contribution is -0.142. The highest BCUT2D eigenvalue weighted by atomic mass is 35.5. The number of aryl methyl sites for hydroxylation is 1. The summed E-state index contributed by atoms with van der Waals surface area (Å²) in [6, 6.07) is 5.39. The van der Waals surface area contributed by atoms with Gasteiger partial charge >= 0.3 is 5.97 Å². The van der Waals surface area contributed by atoms with Crippen LogP contribution in [0.3, 0.4) is 0 Å². The molecule has 100 valence electrons. The fourth-order valence-corrected chi connectivity index (χ4v) is 1.80. The Morgan fingerprint density at radius 1 is 1.42 bits per heavy atom. The van der Waals surface area contributed by atoms with E-state index >= 15 is 0 Å². The highest BCUT2D eigenvalue weighted by Crippen LogP contribution is 2.23. The summed E-state index contributed by atoms with van der Waals surface area (Å²) in [6.45, 7) is 1.45. The molecule has 2 aromatic rings. The molecule has 0 saturated carbocycles. The molecule has 0 aliphatic heterocycles. The Hall–Kier alpha value is -1.92. The smallest absolute Gasteiger partial charge is 0.329 e. The molecule has 0 amide bonds. The van der Waals surface area contributed by atoms with Crippen molar-refractivity contribution < 1.29 is 19.1 Å². The Morgan fingerprint density at radius 2 is 2.21 bits per heavy atom. The van der Waals surface area contributed by atoms with E-state index in [0.717, 1.165) is 5.56 Å². The summed E-state index contributed by atoms with van der Waals surface area (Å²) >= 11 is 5.95. The Bertz CT molecular complexity index is 577. The van der Waals surface area contributed by atoms with Crippen LogP contribution >= 0.6 is 11.6 Å². The predicted octanol–water partition coefficient (Wildman–Crippen LogP) is 2.30. The van der Waals surface area contributed by atoms with Crippen molar-refractivity contribution in [2.24, 2.45) is 0 Å². The van der Waals surface area contributed by atoms with Gasteiger partial charge in [0, 0.05) is 10.6 Å². The van der Waals surface area contributed by atoms with Crippen LogP contribution in [0.4, 0.5) is 0 Å². The van der Waals surface area contributed by atoms with Crippen LogP contribution in [0.5, 0.6) is 0 Å². The maximum absolute atomic E-state index is 10.3. The number of nitrogens with zero attached hydrogens (tertiary/aromatic N) is 2. The van der Waals surface area contributed by atoms with Crippen molar-refractivity contribution in [2.45, 2.75) is 13.5 Å². The number of carboxylic acids is 1. The van der Waals surface area contributed by atoms with Gasteiger partial charge in [-0.3, -0.25) is 0 Å². The molecule has 0 atom stereocenters.